The fourth-order valence-electron chi connectivity index (χ4n) is 3.00. The van der Waals surface area contributed by atoms with Gasteiger partial charge in [-0.15, -0.1) is 12.4 Å². The largest absolute Gasteiger partial charge is 0.399 e. The number of benzene rings is 2. The monoisotopic (exact) mass is 359 g/mol. The summed E-state index contributed by atoms with van der Waals surface area (Å²) in [5, 5.41) is 0. The molecule has 1 saturated heterocycles. The molecule has 0 aromatic heterocycles. The van der Waals surface area contributed by atoms with E-state index in [1.54, 1.807) is 29.0 Å². The highest BCUT2D eigenvalue weighted by molar-refractivity contribution is 6.01. The normalized spacial score (nSPS) is 16.4. The number of para-hydroxylation sites is 1. The average Bonchev–Trinajstić information content (AvgIpc) is 2.98. The van der Waals surface area contributed by atoms with E-state index in [1.807, 2.05) is 42.5 Å². The molecule has 5 nitrogen and oxygen atoms in total. The Morgan fingerprint density at radius 2 is 1.80 bits per heavy atom. The fourth-order valence-corrected chi connectivity index (χ4v) is 3.00. The molecule has 132 valence electrons. The zero-order valence-electron chi connectivity index (χ0n) is 14.1. The van der Waals surface area contributed by atoms with Gasteiger partial charge in [0.25, 0.3) is 0 Å². The number of nitrogens with two attached hydrogens (primary N) is 1. The lowest BCUT2D eigenvalue weighted by molar-refractivity contribution is -0.136. The minimum Gasteiger partial charge on any atom is -0.399 e. The third kappa shape index (κ3) is 4.12. The predicted octanol–water partition coefficient (Wildman–Crippen LogP) is 2.50. The molecule has 1 atom stereocenters. The van der Waals surface area contributed by atoms with Gasteiger partial charge in [-0.25, -0.2) is 0 Å². The second-order valence-corrected chi connectivity index (χ2v) is 6.05. The van der Waals surface area contributed by atoms with Gasteiger partial charge in [0.05, 0.1) is 6.42 Å². The van der Waals surface area contributed by atoms with E-state index in [2.05, 4.69) is 0 Å². The van der Waals surface area contributed by atoms with E-state index in [0.29, 0.717) is 18.7 Å². The van der Waals surface area contributed by atoms with E-state index in [9.17, 15) is 9.59 Å². The first-order chi connectivity index (χ1) is 11.6. The zero-order chi connectivity index (χ0) is 17.1. The Hall–Kier alpha value is -2.53. The second-order valence-electron chi connectivity index (χ2n) is 6.05. The topological polar surface area (TPSA) is 66.6 Å². The van der Waals surface area contributed by atoms with Crippen molar-refractivity contribution in [2.24, 2.45) is 0 Å². The molecule has 1 unspecified atom stereocenters. The Bertz CT molecular complexity index is 734. The molecule has 25 heavy (non-hydrogen) atoms. The number of hydrogen-bond acceptors (Lipinski definition) is 3. The number of likely N-dealkylation sites (N-methyl/N-ethyl adjacent to an activating group) is 1. The van der Waals surface area contributed by atoms with E-state index in [1.165, 1.54) is 0 Å². The maximum absolute atomic E-state index is 12.7. The Balaban J connectivity index is 0.00000225. The lowest BCUT2D eigenvalue weighted by Crippen LogP contribution is -2.43. The molecule has 3 rings (SSSR count). The number of carbonyl (C=O) groups is 2. The summed E-state index contributed by atoms with van der Waals surface area (Å²) in [7, 11) is 1.71. The van der Waals surface area contributed by atoms with Gasteiger partial charge in [0.2, 0.25) is 11.8 Å². The zero-order valence-corrected chi connectivity index (χ0v) is 14.9. The number of anilines is 2. The molecule has 1 fully saturated rings. The Labute approximate surface area is 153 Å². The molecule has 0 radical (unpaired) electrons. The van der Waals surface area contributed by atoms with E-state index >= 15 is 0 Å². The molecule has 1 heterocycles. The Morgan fingerprint density at radius 3 is 2.44 bits per heavy atom. The number of nitrogens with zero attached hydrogens (tertiary/aromatic N) is 2. The van der Waals surface area contributed by atoms with Crippen LogP contribution in [0.3, 0.4) is 0 Å². The quantitative estimate of drug-likeness (QED) is 0.853. The van der Waals surface area contributed by atoms with E-state index in [4.69, 9.17) is 5.73 Å². The van der Waals surface area contributed by atoms with Crippen molar-refractivity contribution in [1.82, 2.24) is 4.90 Å². The standard InChI is InChI=1S/C19H21N3O2.ClH/c1-21(18(23)13-14-7-9-15(20)10-8-14)17-11-12-22(19(17)24)16-5-3-2-4-6-16;/h2-10,17H,11-13,20H2,1H3;1H. The van der Waals surface area contributed by atoms with Gasteiger partial charge in [-0.1, -0.05) is 30.3 Å². The number of carbonyl (C=O) groups excluding carboxylic acids is 2. The highest BCUT2D eigenvalue weighted by Crippen LogP contribution is 2.24. The summed E-state index contributed by atoms with van der Waals surface area (Å²) < 4.78 is 0. The molecule has 1 aliphatic rings. The summed E-state index contributed by atoms with van der Waals surface area (Å²) in [6.07, 6.45) is 0.920. The van der Waals surface area contributed by atoms with Crippen molar-refractivity contribution in [3.63, 3.8) is 0 Å². The van der Waals surface area contributed by atoms with E-state index < -0.39 is 6.04 Å². The molecule has 0 saturated carbocycles. The predicted molar refractivity (Wildman–Crippen MR) is 102 cm³/mol. The number of amides is 2. The van der Waals surface area contributed by atoms with Crippen molar-refractivity contribution < 1.29 is 9.59 Å². The maximum atomic E-state index is 12.7. The molecule has 0 aliphatic carbocycles. The lowest BCUT2D eigenvalue weighted by Gasteiger charge is -2.24. The number of rotatable bonds is 4. The minimum atomic E-state index is -0.397. The van der Waals surface area contributed by atoms with Gasteiger partial charge in [-0.3, -0.25) is 9.59 Å². The van der Waals surface area contributed by atoms with Crippen molar-refractivity contribution in [3.05, 3.63) is 60.2 Å². The van der Waals surface area contributed by atoms with Crippen LogP contribution >= 0.6 is 12.4 Å². The van der Waals surface area contributed by atoms with Crippen LogP contribution in [0.5, 0.6) is 0 Å². The molecule has 6 heteroatoms. The van der Waals surface area contributed by atoms with Crippen molar-refractivity contribution in [2.45, 2.75) is 18.9 Å². The summed E-state index contributed by atoms with van der Waals surface area (Å²) in [5.74, 6) is -0.0811. The van der Waals surface area contributed by atoms with Gasteiger partial charge in [0.15, 0.2) is 0 Å². The van der Waals surface area contributed by atoms with Crippen molar-refractivity contribution in [3.8, 4) is 0 Å². The first kappa shape index (κ1) is 18.8. The summed E-state index contributed by atoms with van der Waals surface area (Å²) in [6, 6.07) is 16.4. The van der Waals surface area contributed by atoms with Crippen LogP contribution in [0.15, 0.2) is 54.6 Å². The average molecular weight is 360 g/mol. The van der Waals surface area contributed by atoms with Crippen LogP contribution in [-0.2, 0) is 16.0 Å². The van der Waals surface area contributed by atoms with Gasteiger partial charge >= 0.3 is 0 Å². The molecule has 2 aromatic carbocycles. The van der Waals surface area contributed by atoms with Crippen LogP contribution in [0.1, 0.15) is 12.0 Å². The number of hydrogen-bond donors (Lipinski definition) is 1. The molecular weight excluding hydrogens is 338 g/mol. The van der Waals surface area contributed by atoms with Gasteiger partial charge in [0, 0.05) is 25.0 Å². The van der Waals surface area contributed by atoms with Crippen molar-refractivity contribution in [2.75, 3.05) is 24.2 Å². The third-order valence-electron chi connectivity index (χ3n) is 4.44. The summed E-state index contributed by atoms with van der Waals surface area (Å²) in [4.78, 5) is 28.5. The van der Waals surface area contributed by atoms with Crippen LogP contribution < -0.4 is 10.6 Å². The molecule has 2 amide bonds. The first-order valence-electron chi connectivity index (χ1n) is 8.03. The highest BCUT2D eigenvalue weighted by atomic mass is 35.5. The fraction of sp³-hybridized carbons (Fsp3) is 0.263. The molecule has 1 aliphatic heterocycles. The highest BCUT2D eigenvalue weighted by Gasteiger charge is 2.36. The van der Waals surface area contributed by atoms with Gasteiger partial charge in [-0.05, 0) is 36.2 Å². The first-order valence-corrected chi connectivity index (χ1v) is 8.03. The molecule has 0 bridgehead atoms. The van der Waals surface area contributed by atoms with Crippen molar-refractivity contribution in [1.29, 1.82) is 0 Å². The van der Waals surface area contributed by atoms with Crippen LogP contribution in [0.2, 0.25) is 0 Å². The number of nitrogen functional groups attached to an aromatic ring is 1. The molecule has 2 aromatic rings. The third-order valence-corrected chi connectivity index (χ3v) is 4.44. The minimum absolute atomic E-state index is 0. The summed E-state index contributed by atoms with van der Waals surface area (Å²) in [6.45, 7) is 0.632. The molecule has 2 N–H and O–H groups in total. The van der Waals surface area contributed by atoms with Crippen LogP contribution in [-0.4, -0.2) is 36.3 Å². The van der Waals surface area contributed by atoms with Crippen LogP contribution in [0, 0.1) is 0 Å². The molecule has 0 spiro atoms. The van der Waals surface area contributed by atoms with Crippen molar-refractivity contribution >= 4 is 35.6 Å². The smallest absolute Gasteiger partial charge is 0.249 e. The van der Waals surface area contributed by atoms with Crippen LogP contribution in [0.4, 0.5) is 11.4 Å². The Kier molecular flexibility index (Phi) is 6.04. The number of halogens is 1. The van der Waals surface area contributed by atoms with E-state index in [0.717, 1.165) is 11.3 Å². The van der Waals surface area contributed by atoms with Crippen LogP contribution in [0.25, 0.3) is 0 Å². The van der Waals surface area contributed by atoms with Gasteiger partial charge in [-0.2, -0.15) is 0 Å². The summed E-state index contributed by atoms with van der Waals surface area (Å²) in [5.41, 5.74) is 8.10. The maximum Gasteiger partial charge on any atom is 0.249 e. The van der Waals surface area contributed by atoms with Gasteiger partial charge < -0.3 is 15.5 Å². The Morgan fingerprint density at radius 1 is 1.16 bits per heavy atom. The summed E-state index contributed by atoms with van der Waals surface area (Å²) >= 11 is 0. The van der Waals surface area contributed by atoms with E-state index in [-0.39, 0.29) is 30.6 Å². The second kappa shape index (κ2) is 8.03. The van der Waals surface area contributed by atoms with Gasteiger partial charge in [0.1, 0.15) is 6.04 Å². The molecular formula is C19H22ClN3O2. The SMILES string of the molecule is CN(C(=O)Cc1ccc(N)cc1)C1CCN(c2ccccc2)C1=O.Cl. The lowest BCUT2D eigenvalue weighted by atomic mass is 10.1.